The van der Waals surface area contributed by atoms with Crippen LogP contribution in [0.5, 0.6) is 0 Å². The predicted octanol–water partition coefficient (Wildman–Crippen LogP) is 1.04. The van der Waals surface area contributed by atoms with Gasteiger partial charge in [0, 0.05) is 0 Å². The molecule has 1 rings (SSSR count). The van der Waals surface area contributed by atoms with Gasteiger partial charge in [-0.1, -0.05) is 0 Å². The summed E-state index contributed by atoms with van der Waals surface area (Å²) in [5.41, 5.74) is 0. The number of aliphatic hydroxyl groups is 1. The van der Waals surface area contributed by atoms with E-state index in [-0.39, 0.29) is 0 Å². The lowest BCUT2D eigenvalue weighted by molar-refractivity contribution is 0.161. The number of aliphatic hydroxyl groups excluding tert-OH is 1. The molecule has 0 spiro atoms. The standard InChI is InChI=1S/C6H9NO2/c1-4-3-7-6(9-4)5(2)8/h3,5,8H,1-2H3. The number of aryl methyl sites for hydroxylation is 1. The largest absolute Gasteiger partial charge is 0.443 e. The molecule has 3 heteroatoms. The van der Waals surface area contributed by atoms with Gasteiger partial charge in [0.15, 0.2) is 0 Å². The molecule has 50 valence electrons. The molecule has 9 heavy (non-hydrogen) atoms. The van der Waals surface area contributed by atoms with Gasteiger partial charge in [-0.3, -0.25) is 0 Å². The summed E-state index contributed by atoms with van der Waals surface area (Å²) in [6.45, 7) is 3.41. The fraction of sp³-hybridized carbons (Fsp3) is 0.500. The maximum Gasteiger partial charge on any atom is 0.222 e. The summed E-state index contributed by atoms with van der Waals surface area (Å²) < 4.78 is 4.98. The molecule has 0 aliphatic rings. The summed E-state index contributed by atoms with van der Waals surface area (Å²) in [5, 5.41) is 8.88. The van der Waals surface area contributed by atoms with Crippen LogP contribution in [0.1, 0.15) is 24.7 Å². The number of hydrogen-bond donors (Lipinski definition) is 1. The van der Waals surface area contributed by atoms with Crippen LogP contribution < -0.4 is 0 Å². The molecule has 1 aromatic rings. The predicted molar refractivity (Wildman–Crippen MR) is 31.9 cm³/mol. The number of rotatable bonds is 1. The van der Waals surface area contributed by atoms with E-state index in [2.05, 4.69) is 4.98 Å². The summed E-state index contributed by atoms with van der Waals surface area (Å²) in [6, 6.07) is 0. The summed E-state index contributed by atoms with van der Waals surface area (Å²) in [7, 11) is 0. The first-order valence-corrected chi connectivity index (χ1v) is 2.80. The highest BCUT2D eigenvalue weighted by molar-refractivity contribution is 4.92. The van der Waals surface area contributed by atoms with Crippen molar-refractivity contribution < 1.29 is 9.52 Å². The Bertz CT molecular complexity index is 193. The molecule has 0 saturated carbocycles. The second-order valence-corrected chi connectivity index (χ2v) is 1.99. The first kappa shape index (κ1) is 6.29. The quantitative estimate of drug-likeness (QED) is 0.613. The van der Waals surface area contributed by atoms with Crippen LogP contribution in [0.25, 0.3) is 0 Å². The Morgan fingerprint density at radius 2 is 2.44 bits per heavy atom. The number of oxazole rings is 1. The van der Waals surface area contributed by atoms with Gasteiger partial charge in [-0.25, -0.2) is 4.98 Å². The van der Waals surface area contributed by atoms with Crippen molar-refractivity contribution >= 4 is 0 Å². The van der Waals surface area contributed by atoms with Gasteiger partial charge in [-0.05, 0) is 13.8 Å². The summed E-state index contributed by atoms with van der Waals surface area (Å²) in [5.74, 6) is 1.11. The Kier molecular flexibility index (Phi) is 1.53. The van der Waals surface area contributed by atoms with E-state index in [1.165, 1.54) is 0 Å². The monoisotopic (exact) mass is 127 g/mol. The minimum absolute atomic E-state index is 0.382. The first-order valence-electron chi connectivity index (χ1n) is 2.80. The Morgan fingerprint density at radius 3 is 2.67 bits per heavy atom. The van der Waals surface area contributed by atoms with Gasteiger partial charge in [0.2, 0.25) is 5.89 Å². The molecule has 3 nitrogen and oxygen atoms in total. The third-order valence-corrected chi connectivity index (χ3v) is 0.997. The third kappa shape index (κ3) is 1.29. The van der Waals surface area contributed by atoms with Gasteiger partial charge in [-0.15, -0.1) is 0 Å². The van der Waals surface area contributed by atoms with E-state index in [0.717, 1.165) is 5.76 Å². The Balaban J connectivity index is 2.85. The molecule has 0 aliphatic heterocycles. The highest BCUT2D eigenvalue weighted by Crippen LogP contribution is 2.10. The van der Waals surface area contributed by atoms with E-state index in [1.807, 2.05) is 0 Å². The van der Waals surface area contributed by atoms with E-state index >= 15 is 0 Å². The van der Waals surface area contributed by atoms with Crippen LogP contribution in [0, 0.1) is 6.92 Å². The van der Waals surface area contributed by atoms with Gasteiger partial charge in [0.25, 0.3) is 0 Å². The van der Waals surface area contributed by atoms with E-state index in [4.69, 9.17) is 9.52 Å². The lowest BCUT2D eigenvalue weighted by Crippen LogP contribution is -1.88. The molecule has 1 unspecified atom stereocenters. The maximum absolute atomic E-state index is 8.88. The van der Waals surface area contributed by atoms with Crippen LogP contribution in [0.4, 0.5) is 0 Å². The summed E-state index contributed by atoms with van der Waals surface area (Å²) in [4.78, 5) is 3.80. The van der Waals surface area contributed by atoms with Crippen molar-refractivity contribution in [2.45, 2.75) is 20.0 Å². The fourth-order valence-corrected chi connectivity index (χ4v) is 0.565. The summed E-state index contributed by atoms with van der Waals surface area (Å²) in [6.07, 6.45) is 0.987. The van der Waals surface area contributed by atoms with Gasteiger partial charge >= 0.3 is 0 Å². The normalized spacial score (nSPS) is 13.7. The van der Waals surface area contributed by atoms with Crippen molar-refractivity contribution in [3.05, 3.63) is 17.8 Å². The SMILES string of the molecule is Cc1cnc(C(C)O)o1. The second kappa shape index (κ2) is 2.19. The van der Waals surface area contributed by atoms with Crippen molar-refractivity contribution in [2.75, 3.05) is 0 Å². The van der Waals surface area contributed by atoms with Gasteiger partial charge in [0.1, 0.15) is 11.9 Å². The molecule has 1 N–H and O–H groups in total. The lowest BCUT2D eigenvalue weighted by Gasteiger charge is -1.93. The molecule has 0 fully saturated rings. The molecule has 0 amide bonds. The maximum atomic E-state index is 8.88. The molecular formula is C6H9NO2. The molecule has 0 bridgehead atoms. The second-order valence-electron chi connectivity index (χ2n) is 1.99. The van der Waals surface area contributed by atoms with Crippen LogP contribution >= 0.6 is 0 Å². The van der Waals surface area contributed by atoms with Crippen LogP contribution in [-0.2, 0) is 0 Å². The smallest absolute Gasteiger partial charge is 0.222 e. The number of nitrogens with zero attached hydrogens (tertiary/aromatic N) is 1. The van der Waals surface area contributed by atoms with Gasteiger partial charge in [0.05, 0.1) is 6.20 Å². The molecule has 1 heterocycles. The Hall–Kier alpha value is -0.830. The van der Waals surface area contributed by atoms with E-state index < -0.39 is 6.10 Å². The molecule has 0 radical (unpaired) electrons. The van der Waals surface area contributed by atoms with Crippen LogP contribution in [-0.4, -0.2) is 10.1 Å². The minimum Gasteiger partial charge on any atom is -0.443 e. The van der Waals surface area contributed by atoms with Crippen molar-refractivity contribution in [3.8, 4) is 0 Å². The minimum atomic E-state index is -0.598. The average Bonchev–Trinajstić information content (AvgIpc) is 2.14. The topological polar surface area (TPSA) is 46.3 Å². The zero-order chi connectivity index (χ0) is 6.85. The van der Waals surface area contributed by atoms with Crippen LogP contribution in [0.2, 0.25) is 0 Å². The van der Waals surface area contributed by atoms with Crippen molar-refractivity contribution in [1.29, 1.82) is 0 Å². The first-order chi connectivity index (χ1) is 4.20. The third-order valence-electron chi connectivity index (χ3n) is 0.997. The van der Waals surface area contributed by atoms with Crippen molar-refractivity contribution in [1.82, 2.24) is 4.98 Å². The number of aromatic nitrogens is 1. The molecule has 0 saturated heterocycles. The van der Waals surface area contributed by atoms with E-state index in [1.54, 1.807) is 20.0 Å². The molecule has 1 atom stereocenters. The molecular weight excluding hydrogens is 118 g/mol. The van der Waals surface area contributed by atoms with E-state index in [0.29, 0.717) is 5.89 Å². The molecule has 1 aromatic heterocycles. The van der Waals surface area contributed by atoms with Crippen LogP contribution in [0.15, 0.2) is 10.6 Å². The molecule has 0 aliphatic carbocycles. The fourth-order valence-electron chi connectivity index (χ4n) is 0.565. The van der Waals surface area contributed by atoms with Gasteiger partial charge < -0.3 is 9.52 Å². The average molecular weight is 127 g/mol. The highest BCUT2D eigenvalue weighted by atomic mass is 16.4. The van der Waals surface area contributed by atoms with Crippen molar-refractivity contribution in [2.24, 2.45) is 0 Å². The van der Waals surface area contributed by atoms with Crippen molar-refractivity contribution in [3.63, 3.8) is 0 Å². The lowest BCUT2D eigenvalue weighted by atomic mass is 10.4. The highest BCUT2D eigenvalue weighted by Gasteiger charge is 2.05. The number of hydrogen-bond acceptors (Lipinski definition) is 3. The zero-order valence-electron chi connectivity index (χ0n) is 5.46. The van der Waals surface area contributed by atoms with E-state index in [9.17, 15) is 0 Å². The summed E-state index contributed by atoms with van der Waals surface area (Å²) >= 11 is 0. The van der Waals surface area contributed by atoms with Gasteiger partial charge in [-0.2, -0.15) is 0 Å². The Labute approximate surface area is 53.3 Å². The zero-order valence-corrected chi connectivity index (χ0v) is 5.46. The molecule has 0 aromatic carbocycles. The Morgan fingerprint density at radius 1 is 1.78 bits per heavy atom. The van der Waals surface area contributed by atoms with Crippen LogP contribution in [0.3, 0.4) is 0 Å².